The van der Waals surface area contributed by atoms with Crippen LogP contribution in [0.25, 0.3) is 0 Å². The Hall–Kier alpha value is -1.30. The van der Waals surface area contributed by atoms with Crippen LogP contribution >= 0.6 is 0 Å². The van der Waals surface area contributed by atoms with Crippen LogP contribution in [0.1, 0.15) is 50.9 Å². The number of amides is 1. The molecule has 0 fully saturated rings. The summed E-state index contributed by atoms with van der Waals surface area (Å²) in [6.07, 6.45) is -12.4. The summed E-state index contributed by atoms with van der Waals surface area (Å²) in [6, 6.07) is -2.48. The number of nitrogens with one attached hydrogen (secondary N) is 1. The first kappa shape index (κ1) is 6.58. The first-order valence-electron chi connectivity index (χ1n) is 8.70. The van der Waals surface area contributed by atoms with Crippen LogP contribution < -0.4 is 11.1 Å². The normalized spacial score (nSPS) is 23.3. The van der Waals surface area contributed by atoms with E-state index in [0.29, 0.717) is 0 Å². The molecule has 0 aromatic heterocycles. The smallest absolute Gasteiger partial charge is 0.407 e. The predicted octanol–water partition coefficient (Wildman–Crippen LogP) is 1.09. The molecule has 1 amide bonds. The highest BCUT2D eigenvalue weighted by Crippen LogP contribution is 2.06. The minimum Gasteiger partial charge on any atom is -0.480 e. The molecule has 17 heavy (non-hydrogen) atoms. The van der Waals surface area contributed by atoms with Gasteiger partial charge in [-0.15, -0.1) is 0 Å². The monoisotopic (exact) mass is 254 g/mol. The van der Waals surface area contributed by atoms with Crippen LogP contribution in [0.5, 0.6) is 0 Å². The standard InChI is InChI=1S/C11H22N2O4/c1-11(2,3)17-10(16)13-7-5-4-6-8(12)9(14)15/h8H,4-7,12H2,1-3H3,(H,13,16)(H,14,15)/i4D2,5D2,6D2,7D2. The van der Waals surface area contributed by atoms with E-state index >= 15 is 0 Å². The summed E-state index contributed by atoms with van der Waals surface area (Å²) in [5, 5.41) is 10.3. The Morgan fingerprint density at radius 3 is 2.53 bits per heavy atom. The fraction of sp³-hybridized carbons (Fsp3) is 0.818. The van der Waals surface area contributed by atoms with Crippen molar-refractivity contribution < 1.29 is 30.4 Å². The van der Waals surface area contributed by atoms with Gasteiger partial charge in [-0.05, 0) is 39.9 Å². The third kappa shape index (κ3) is 9.62. The van der Waals surface area contributed by atoms with Gasteiger partial charge in [0.05, 0.1) is 0 Å². The first-order chi connectivity index (χ1) is 10.7. The Labute approximate surface area is 113 Å². The number of hydrogen-bond acceptors (Lipinski definition) is 4. The van der Waals surface area contributed by atoms with Crippen molar-refractivity contribution in [1.82, 2.24) is 5.32 Å². The molecule has 6 nitrogen and oxygen atoms in total. The zero-order chi connectivity index (χ0) is 20.6. The maximum atomic E-state index is 11.7. The van der Waals surface area contributed by atoms with Crippen LogP contribution in [0.15, 0.2) is 0 Å². The summed E-state index contributed by atoms with van der Waals surface area (Å²) in [7, 11) is 0. The van der Waals surface area contributed by atoms with Crippen molar-refractivity contribution in [2.75, 3.05) is 6.50 Å². The molecule has 0 radical (unpaired) electrons. The van der Waals surface area contributed by atoms with Gasteiger partial charge in [0.25, 0.3) is 0 Å². The molecule has 0 aliphatic rings. The van der Waals surface area contributed by atoms with Gasteiger partial charge in [0.1, 0.15) is 11.6 Å². The van der Waals surface area contributed by atoms with Gasteiger partial charge in [-0.2, -0.15) is 0 Å². The van der Waals surface area contributed by atoms with Gasteiger partial charge >= 0.3 is 12.1 Å². The maximum absolute atomic E-state index is 11.7. The number of hydrogen-bond donors (Lipinski definition) is 3. The Morgan fingerprint density at radius 1 is 1.47 bits per heavy atom. The highest BCUT2D eigenvalue weighted by atomic mass is 16.6. The second-order valence-corrected chi connectivity index (χ2v) is 3.96. The highest BCUT2D eigenvalue weighted by molar-refractivity contribution is 5.72. The van der Waals surface area contributed by atoms with Gasteiger partial charge < -0.3 is 20.9 Å². The van der Waals surface area contributed by atoms with E-state index in [4.69, 9.17) is 26.5 Å². The topological polar surface area (TPSA) is 102 Å². The number of carboxylic acids is 1. The van der Waals surface area contributed by atoms with Crippen LogP contribution in [-0.4, -0.2) is 35.3 Å². The summed E-state index contributed by atoms with van der Waals surface area (Å²) in [5.41, 5.74) is 4.04. The number of carboxylic acid groups (broad SMARTS) is 1. The molecule has 0 spiro atoms. The Balaban J connectivity index is 5.76. The van der Waals surface area contributed by atoms with Gasteiger partial charge in [0, 0.05) is 17.5 Å². The van der Waals surface area contributed by atoms with Gasteiger partial charge in [-0.25, -0.2) is 4.79 Å². The van der Waals surface area contributed by atoms with E-state index < -0.39 is 49.3 Å². The van der Waals surface area contributed by atoms with Crippen LogP contribution in [0, 0.1) is 0 Å². The molecule has 4 N–H and O–H groups in total. The molecule has 0 aromatic carbocycles. The van der Waals surface area contributed by atoms with Crippen LogP contribution in [-0.2, 0) is 9.53 Å². The molecule has 1 atom stereocenters. The minimum atomic E-state index is -3.74. The van der Waals surface area contributed by atoms with Crippen LogP contribution in [0.3, 0.4) is 0 Å². The Bertz CT molecular complexity index is 533. The molecule has 100 valence electrons. The summed E-state index contributed by atoms with van der Waals surface area (Å²) in [4.78, 5) is 22.5. The summed E-state index contributed by atoms with van der Waals surface area (Å²) >= 11 is 0. The van der Waals surface area contributed by atoms with E-state index in [9.17, 15) is 9.59 Å². The number of ether oxygens (including phenoxy) is 1. The van der Waals surface area contributed by atoms with E-state index in [2.05, 4.69) is 0 Å². The predicted molar refractivity (Wildman–Crippen MR) is 63.7 cm³/mol. The van der Waals surface area contributed by atoms with Gasteiger partial charge in [0.15, 0.2) is 0 Å². The molecule has 0 saturated heterocycles. The van der Waals surface area contributed by atoms with Crippen molar-refractivity contribution in [2.45, 2.75) is 51.5 Å². The molecule has 0 bridgehead atoms. The minimum absolute atomic E-state index is 1.05. The molecule has 0 aliphatic heterocycles. The second kappa shape index (κ2) is 7.11. The molecule has 0 saturated carbocycles. The largest absolute Gasteiger partial charge is 0.480 e. The van der Waals surface area contributed by atoms with E-state index in [1.807, 2.05) is 0 Å². The molecular weight excluding hydrogens is 224 g/mol. The second-order valence-electron chi connectivity index (χ2n) is 3.96. The van der Waals surface area contributed by atoms with Crippen molar-refractivity contribution in [3.05, 3.63) is 0 Å². The quantitative estimate of drug-likeness (QED) is 0.658. The average Bonchev–Trinajstić information content (AvgIpc) is 2.33. The third-order valence-electron chi connectivity index (χ3n) is 1.18. The molecule has 0 rings (SSSR count). The Morgan fingerprint density at radius 2 is 2.06 bits per heavy atom. The van der Waals surface area contributed by atoms with Crippen LogP contribution in [0.4, 0.5) is 4.79 Å². The molecule has 0 aliphatic carbocycles. The lowest BCUT2D eigenvalue weighted by Crippen LogP contribution is -2.33. The van der Waals surface area contributed by atoms with Crippen molar-refractivity contribution in [2.24, 2.45) is 5.73 Å². The van der Waals surface area contributed by atoms with Crippen molar-refractivity contribution in [3.63, 3.8) is 0 Å². The van der Waals surface area contributed by atoms with Gasteiger partial charge in [-0.1, -0.05) is 0 Å². The molecule has 1 unspecified atom stereocenters. The van der Waals surface area contributed by atoms with Gasteiger partial charge in [-0.3, -0.25) is 4.79 Å². The number of carbonyl (C=O) groups excluding carboxylic acids is 1. The summed E-state index contributed by atoms with van der Waals surface area (Å²) in [5.74, 6) is -1.94. The summed E-state index contributed by atoms with van der Waals surface area (Å²) in [6.45, 7) is 0.923. The lowest BCUT2D eigenvalue weighted by Gasteiger charge is -2.19. The zero-order valence-electron chi connectivity index (χ0n) is 17.8. The Kier molecular flexibility index (Phi) is 2.75. The van der Waals surface area contributed by atoms with E-state index in [1.165, 1.54) is 26.1 Å². The number of alkyl carbamates (subject to hydrolysis) is 1. The summed E-state index contributed by atoms with van der Waals surface area (Å²) < 4.78 is 65.9. The first-order valence-corrected chi connectivity index (χ1v) is 4.70. The molecule has 0 aromatic rings. The van der Waals surface area contributed by atoms with E-state index in [-0.39, 0.29) is 0 Å². The third-order valence-corrected chi connectivity index (χ3v) is 1.18. The van der Waals surface area contributed by atoms with Crippen molar-refractivity contribution in [1.29, 1.82) is 0 Å². The number of nitrogens with two attached hydrogens (primary N) is 1. The fourth-order valence-electron chi connectivity index (χ4n) is 0.593. The average molecular weight is 254 g/mol. The molecular formula is C11H22N2O4. The van der Waals surface area contributed by atoms with Crippen molar-refractivity contribution in [3.8, 4) is 0 Å². The number of rotatable bonds is 6. The SMILES string of the molecule is [2H]C([2H])(NC(=O)OC(C)(C)C)C([2H])([2H])C([2H])([2H])C([2H])([2H])C(N)C(=O)O. The lowest BCUT2D eigenvalue weighted by molar-refractivity contribution is -0.138. The highest BCUT2D eigenvalue weighted by Gasteiger charge is 2.15. The van der Waals surface area contributed by atoms with E-state index in [0.717, 1.165) is 0 Å². The fourth-order valence-corrected chi connectivity index (χ4v) is 0.593. The molecule has 0 heterocycles. The molecule has 6 heteroatoms. The number of carbonyl (C=O) groups is 2. The van der Waals surface area contributed by atoms with Gasteiger partial charge in [0.2, 0.25) is 0 Å². The zero-order valence-corrected chi connectivity index (χ0v) is 9.83. The lowest BCUT2D eigenvalue weighted by atomic mass is 10.1. The number of aliphatic carboxylic acids is 1. The van der Waals surface area contributed by atoms with Crippen LogP contribution in [0.2, 0.25) is 0 Å². The van der Waals surface area contributed by atoms with Crippen molar-refractivity contribution >= 4 is 12.1 Å². The maximum Gasteiger partial charge on any atom is 0.407 e. The van der Waals surface area contributed by atoms with E-state index in [1.54, 1.807) is 0 Å².